The standard InChI is InChI=1S/C16H16Cl3N5O2/c1-16(25)6-24(3-4-26-7-16)14-10-8-5-9(17)20-12(18)11(8)23(2)13(10)21-15(19)22-14/h5,25H,3-4,6-7H2,1-2H3/t16-/m0/s1. The van der Waals surface area contributed by atoms with Crippen LogP contribution in [0.1, 0.15) is 6.92 Å². The minimum atomic E-state index is -1.01. The lowest BCUT2D eigenvalue weighted by molar-refractivity contribution is -0.0123. The average Bonchev–Trinajstić information content (AvgIpc) is 2.70. The molecule has 1 aliphatic heterocycles. The molecule has 1 aliphatic rings. The second-order valence-corrected chi connectivity index (χ2v) is 7.76. The van der Waals surface area contributed by atoms with Gasteiger partial charge in [0.05, 0.1) is 30.7 Å². The number of rotatable bonds is 1. The largest absolute Gasteiger partial charge is 0.386 e. The van der Waals surface area contributed by atoms with Crippen LogP contribution in [0.5, 0.6) is 0 Å². The van der Waals surface area contributed by atoms with E-state index in [0.29, 0.717) is 36.7 Å². The molecule has 0 saturated carbocycles. The van der Waals surface area contributed by atoms with Crippen molar-refractivity contribution in [2.75, 3.05) is 31.2 Å². The van der Waals surface area contributed by atoms with Crippen molar-refractivity contribution in [1.29, 1.82) is 0 Å². The zero-order chi connectivity index (χ0) is 18.6. The third-order valence-corrected chi connectivity index (χ3v) is 5.06. The van der Waals surface area contributed by atoms with E-state index in [1.54, 1.807) is 13.0 Å². The first kappa shape index (κ1) is 18.0. The quantitative estimate of drug-likeness (QED) is 0.485. The monoisotopic (exact) mass is 415 g/mol. The van der Waals surface area contributed by atoms with E-state index in [2.05, 4.69) is 15.0 Å². The molecule has 0 spiro atoms. The summed E-state index contributed by atoms with van der Waals surface area (Å²) in [7, 11) is 1.83. The molecule has 0 amide bonds. The van der Waals surface area contributed by atoms with Gasteiger partial charge < -0.3 is 19.3 Å². The Balaban J connectivity index is 2.04. The number of aromatic nitrogens is 4. The van der Waals surface area contributed by atoms with Gasteiger partial charge in [-0.25, -0.2) is 4.98 Å². The Morgan fingerprint density at radius 1 is 1.23 bits per heavy atom. The predicted molar refractivity (Wildman–Crippen MR) is 102 cm³/mol. The van der Waals surface area contributed by atoms with Gasteiger partial charge in [-0.1, -0.05) is 23.2 Å². The molecule has 1 N–H and O–H groups in total. The summed E-state index contributed by atoms with van der Waals surface area (Å²) in [4.78, 5) is 14.9. The van der Waals surface area contributed by atoms with Gasteiger partial charge in [-0.2, -0.15) is 9.97 Å². The fourth-order valence-corrected chi connectivity index (χ4v) is 4.12. The normalized spacial score (nSPS) is 21.5. The minimum absolute atomic E-state index is 0.110. The summed E-state index contributed by atoms with van der Waals surface area (Å²) in [6.45, 7) is 3.35. The van der Waals surface area contributed by atoms with Crippen molar-refractivity contribution in [2.24, 2.45) is 7.05 Å². The number of β-amino-alcohol motifs (C(OH)–C–C–N with tert-alkyl or cyclic N) is 1. The van der Waals surface area contributed by atoms with E-state index in [9.17, 15) is 5.11 Å². The smallest absolute Gasteiger partial charge is 0.226 e. The first-order chi connectivity index (χ1) is 12.3. The molecule has 10 heteroatoms. The number of halogens is 3. The highest BCUT2D eigenvalue weighted by molar-refractivity contribution is 6.38. The van der Waals surface area contributed by atoms with Gasteiger partial charge in [0.25, 0.3) is 0 Å². The number of hydrogen-bond donors (Lipinski definition) is 1. The number of nitrogens with zero attached hydrogens (tertiary/aromatic N) is 5. The minimum Gasteiger partial charge on any atom is -0.386 e. The van der Waals surface area contributed by atoms with Gasteiger partial charge in [0.2, 0.25) is 5.28 Å². The molecule has 1 atom stereocenters. The molecule has 7 nitrogen and oxygen atoms in total. The molecule has 3 aromatic rings. The molecular formula is C16H16Cl3N5O2. The number of aryl methyl sites for hydroxylation is 1. The van der Waals surface area contributed by atoms with E-state index in [1.807, 2.05) is 16.5 Å². The van der Waals surface area contributed by atoms with Crippen molar-refractivity contribution in [3.05, 3.63) is 21.7 Å². The van der Waals surface area contributed by atoms with E-state index in [4.69, 9.17) is 39.5 Å². The number of fused-ring (bicyclic) bond motifs is 3. The van der Waals surface area contributed by atoms with Crippen molar-refractivity contribution < 1.29 is 9.84 Å². The van der Waals surface area contributed by atoms with Crippen LogP contribution in [-0.2, 0) is 11.8 Å². The third-order valence-electron chi connectivity index (χ3n) is 4.43. The maximum Gasteiger partial charge on any atom is 0.226 e. The van der Waals surface area contributed by atoms with Crippen LogP contribution in [0.25, 0.3) is 21.9 Å². The van der Waals surface area contributed by atoms with Crippen LogP contribution in [0.3, 0.4) is 0 Å². The lowest BCUT2D eigenvalue weighted by Crippen LogP contribution is -2.42. The predicted octanol–water partition coefficient (Wildman–Crippen LogP) is 3.06. The molecule has 3 aromatic heterocycles. The molecule has 1 saturated heterocycles. The summed E-state index contributed by atoms with van der Waals surface area (Å²) in [5.41, 5.74) is 0.300. The maximum absolute atomic E-state index is 10.5. The highest BCUT2D eigenvalue weighted by Gasteiger charge is 2.30. The van der Waals surface area contributed by atoms with Gasteiger partial charge in [-0.3, -0.25) is 0 Å². The van der Waals surface area contributed by atoms with Crippen LogP contribution < -0.4 is 4.90 Å². The summed E-state index contributed by atoms with van der Waals surface area (Å²) >= 11 is 18.6. The molecule has 26 heavy (non-hydrogen) atoms. The number of pyridine rings is 1. The Hall–Kier alpha value is -1.38. The van der Waals surface area contributed by atoms with Crippen LogP contribution in [0.4, 0.5) is 5.82 Å². The molecule has 4 heterocycles. The topological polar surface area (TPSA) is 76.3 Å². The summed E-state index contributed by atoms with van der Waals surface area (Å²) in [5, 5.41) is 12.7. The number of aliphatic hydroxyl groups is 1. The van der Waals surface area contributed by atoms with E-state index >= 15 is 0 Å². The zero-order valence-corrected chi connectivity index (χ0v) is 16.4. The maximum atomic E-state index is 10.5. The van der Waals surface area contributed by atoms with Crippen molar-refractivity contribution in [1.82, 2.24) is 19.5 Å². The molecule has 0 aromatic carbocycles. The van der Waals surface area contributed by atoms with E-state index < -0.39 is 5.60 Å². The highest BCUT2D eigenvalue weighted by Crippen LogP contribution is 2.38. The summed E-state index contributed by atoms with van der Waals surface area (Å²) in [5.74, 6) is 0.606. The highest BCUT2D eigenvalue weighted by atomic mass is 35.5. The Bertz CT molecular complexity index is 1020. The molecule has 0 aliphatic carbocycles. The SMILES string of the molecule is Cn1c2nc(Cl)nc(N3CCOC[C@@](C)(O)C3)c2c2cc(Cl)nc(Cl)c21. The van der Waals surface area contributed by atoms with Crippen LogP contribution in [0.15, 0.2) is 6.07 Å². The lowest BCUT2D eigenvalue weighted by atomic mass is 10.1. The Labute approximate surface area is 164 Å². The second-order valence-electron chi connectivity index (χ2n) is 6.68. The number of hydrogen-bond acceptors (Lipinski definition) is 6. The fraction of sp³-hybridized carbons (Fsp3) is 0.438. The first-order valence-corrected chi connectivity index (χ1v) is 9.13. The zero-order valence-electron chi connectivity index (χ0n) is 14.1. The van der Waals surface area contributed by atoms with Crippen LogP contribution in [0.2, 0.25) is 15.6 Å². The third kappa shape index (κ3) is 2.97. The molecular weight excluding hydrogens is 401 g/mol. The molecule has 0 bridgehead atoms. The van der Waals surface area contributed by atoms with Gasteiger partial charge in [0, 0.05) is 19.0 Å². The Kier molecular flexibility index (Phi) is 4.40. The molecule has 4 rings (SSSR count). The molecule has 1 fully saturated rings. The lowest BCUT2D eigenvalue weighted by Gasteiger charge is -2.28. The van der Waals surface area contributed by atoms with Gasteiger partial charge in [-0.05, 0) is 24.6 Å². The first-order valence-electron chi connectivity index (χ1n) is 7.99. The molecule has 138 valence electrons. The van der Waals surface area contributed by atoms with E-state index in [0.717, 1.165) is 10.8 Å². The Morgan fingerprint density at radius 2 is 2.00 bits per heavy atom. The number of anilines is 1. The van der Waals surface area contributed by atoms with E-state index in [-0.39, 0.29) is 22.2 Å². The van der Waals surface area contributed by atoms with Gasteiger partial charge in [0.1, 0.15) is 22.2 Å². The Morgan fingerprint density at radius 3 is 2.77 bits per heavy atom. The van der Waals surface area contributed by atoms with Crippen molar-refractivity contribution in [3.63, 3.8) is 0 Å². The van der Waals surface area contributed by atoms with Gasteiger partial charge >= 0.3 is 0 Å². The second kappa shape index (κ2) is 6.35. The van der Waals surface area contributed by atoms with Gasteiger partial charge in [-0.15, -0.1) is 0 Å². The summed E-state index contributed by atoms with van der Waals surface area (Å²) in [6.07, 6.45) is 0. The van der Waals surface area contributed by atoms with Crippen molar-refractivity contribution >= 4 is 62.6 Å². The molecule has 0 unspecified atom stereocenters. The van der Waals surface area contributed by atoms with Crippen molar-refractivity contribution in [3.8, 4) is 0 Å². The fourth-order valence-electron chi connectivity index (χ4n) is 3.40. The van der Waals surface area contributed by atoms with E-state index in [1.165, 1.54) is 0 Å². The van der Waals surface area contributed by atoms with Crippen LogP contribution in [0, 0.1) is 0 Å². The molecule has 0 radical (unpaired) electrons. The van der Waals surface area contributed by atoms with Crippen LogP contribution >= 0.6 is 34.8 Å². The average molecular weight is 417 g/mol. The van der Waals surface area contributed by atoms with Gasteiger partial charge in [0.15, 0.2) is 5.15 Å². The van der Waals surface area contributed by atoms with Crippen molar-refractivity contribution in [2.45, 2.75) is 12.5 Å². The van der Waals surface area contributed by atoms with Crippen LogP contribution in [-0.4, -0.2) is 56.5 Å². The number of ether oxygens (including phenoxy) is 1. The summed E-state index contributed by atoms with van der Waals surface area (Å²) in [6, 6.07) is 1.73. The summed E-state index contributed by atoms with van der Waals surface area (Å²) < 4.78 is 7.33.